The van der Waals surface area contributed by atoms with Gasteiger partial charge in [0.2, 0.25) is 0 Å². The predicted octanol–water partition coefficient (Wildman–Crippen LogP) is 2.22. The van der Waals surface area contributed by atoms with E-state index >= 15 is 0 Å². The van der Waals surface area contributed by atoms with Gasteiger partial charge in [-0.25, -0.2) is 0 Å². The van der Waals surface area contributed by atoms with E-state index in [4.69, 9.17) is 6.42 Å². The maximum Gasteiger partial charge on any atom is 0.0198 e. The summed E-state index contributed by atoms with van der Waals surface area (Å²) in [4.78, 5) is 0. The molecule has 0 aliphatic heterocycles. The highest BCUT2D eigenvalue weighted by atomic mass is 13.7. The van der Waals surface area contributed by atoms with E-state index in [1.165, 1.54) is 0 Å². The molecule has 0 spiro atoms. The molecule has 0 aliphatic carbocycles. The van der Waals surface area contributed by atoms with E-state index in [1.54, 1.807) is 6.92 Å². The minimum Gasteiger partial charge on any atom is -0.107 e. The quantitative estimate of drug-likeness (QED) is 0.465. The number of rotatable bonds is 1. The second-order valence-electron chi connectivity index (χ2n) is 1.35. The van der Waals surface area contributed by atoms with Crippen molar-refractivity contribution in [1.29, 1.82) is 0 Å². The van der Waals surface area contributed by atoms with Gasteiger partial charge in [-0.2, -0.15) is 0 Å². The number of hydrogen-bond donors (Lipinski definition) is 0. The van der Waals surface area contributed by atoms with Crippen LogP contribution in [-0.2, 0) is 0 Å². The average Bonchev–Trinajstić information content (AvgIpc) is 1.91. The Morgan fingerprint density at radius 3 is 2.00 bits per heavy atom. The van der Waals surface area contributed by atoms with Gasteiger partial charge in [0.05, 0.1) is 0 Å². The van der Waals surface area contributed by atoms with Crippen molar-refractivity contribution >= 4 is 0 Å². The lowest BCUT2D eigenvalue weighted by Gasteiger charge is -1.68. The van der Waals surface area contributed by atoms with Crippen molar-refractivity contribution in [2.45, 2.75) is 26.7 Å². The molecule has 0 saturated heterocycles. The first-order valence-corrected chi connectivity index (χ1v) is 2.91. The van der Waals surface area contributed by atoms with Crippen LogP contribution in [0.5, 0.6) is 0 Å². The molecule has 48 valence electrons. The van der Waals surface area contributed by atoms with Crippen molar-refractivity contribution in [3.8, 4) is 17.8 Å². The molecule has 0 N–H and O–H groups in total. The third-order valence-electron chi connectivity index (χ3n) is 0.552. The second kappa shape index (κ2) is 15.7. The first-order chi connectivity index (χ1) is 4.33. The SMILES string of the molecule is [CH2]C#CC.[C]#CCCC. The summed E-state index contributed by atoms with van der Waals surface area (Å²) in [5.74, 6) is 7.27. The predicted molar refractivity (Wildman–Crippen MR) is 40.8 cm³/mol. The molecular weight excluding hydrogens is 108 g/mol. The Morgan fingerprint density at radius 2 is 2.00 bits per heavy atom. The van der Waals surface area contributed by atoms with Crippen LogP contribution in [0.1, 0.15) is 26.7 Å². The lowest BCUT2D eigenvalue weighted by Crippen LogP contribution is -1.53. The van der Waals surface area contributed by atoms with Gasteiger partial charge in [-0.05, 0) is 19.8 Å². The van der Waals surface area contributed by atoms with E-state index < -0.39 is 0 Å². The molecule has 0 heteroatoms. The third kappa shape index (κ3) is 41.5. The summed E-state index contributed by atoms with van der Waals surface area (Å²) in [7, 11) is 0. The highest BCUT2D eigenvalue weighted by Gasteiger charge is 1.62. The molecule has 0 aromatic carbocycles. The summed E-state index contributed by atoms with van der Waals surface area (Å²) in [5, 5.41) is 0. The molecule has 9 heavy (non-hydrogen) atoms. The molecule has 0 aliphatic rings. The first-order valence-electron chi connectivity index (χ1n) is 2.91. The molecule has 0 heterocycles. The summed E-state index contributed by atoms with van der Waals surface area (Å²) in [6, 6.07) is 0. The van der Waals surface area contributed by atoms with Crippen molar-refractivity contribution in [3.05, 3.63) is 13.3 Å². The van der Waals surface area contributed by atoms with Crippen molar-refractivity contribution in [1.82, 2.24) is 0 Å². The maximum atomic E-state index is 6.35. The topological polar surface area (TPSA) is 0 Å². The minimum absolute atomic E-state index is 0.806. The van der Waals surface area contributed by atoms with E-state index in [1.807, 2.05) is 6.92 Å². The van der Waals surface area contributed by atoms with E-state index in [0.717, 1.165) is 12.8 Å². The van der Waals surface area contributed by atoms with E-state index in [-0.39, 0.29) is 0 Å². The lowest BCUT2D eigenvalue weighted by molar-refractivity contribution is 0.983. The van der Waals surface area contributed by atoms with Crippen molar-refractivity contribution in [3.63, 3.8) is 0 Å². The minimum atomic E-state index is 0.806. The van der Waals surface area contributed by atoms with Crippen LogP contribution < -0.4 is 0 Å². The van der Waals surface area contributed by atoms with E-state index in [9.17, 15) is 0 Å². The van der Waals surface area contributed by atoms with Crippen LogP contribution in [0.3, 0.4) is 0 Å². The van der Waals surface area contributed by atoms with Crippen LogP contribution in [0.15, 0.2) is 0 Å². The first kappa shape index (κ1) is 11.0. The van der Waals surface area contributed by atoms with Crippen LogP contribution in [-0.4, -0.2) is 0 Å². The Kier molecular flexibility index (Phi) is 19.2. The van der Waals surface area contributed by atoms with Crippen LogP contribution in [0.2, 0.25) is 0 Å². The Balaban J connectivity index is 0. The largest absolute Gasteiger partial charge is 0.107 e. The smallest absolute Gasteiger partial charge is 0.0198 e. The highest BCUT2D eigenvalue weighted by Crippen LogP contribution is 1.77. The molecular formula is C9H12. The van der Waals surface area contributed by atoms with Crippen LogP contribution in [0, 0.1) is 31.1 Å². The van der Waals surface area contributed by atoms with Crippen LogP contribution in [0.25, 0.3) is 0 Å². The van der Waals surface area contributed by atoms with Crippen molar-refractivity contribution < 1.29 is 0 Å². The Labute approximate surface area is 58.7 Å². The standard InChI is InChI=1S/C5H7.C4H5/c1-3-5-4-2;1-3-4-2/h3,5H2,1H3;1H2,2H3. The molecule has 0 unspecified atom stereocenters. The fourth-order valence-electron chi connectivity index (χ4n) is 0.125. The number of hydrogen-bond acceptors (Lipinski definition) is 0. The molecule has 0 aromatic heterocycles. The van der Waals surface area contributed by atoms with Gasteiger partial charge in [0, 0.05) is 13.3 Å². The molecule has 0 rings (SSSR count). The second-order valence-corrected chi connectivity index (χ2v) is 1.35. The van der Waals surface area contributed by atoms with Crippen LogP contribution in [0.4, 0.5) is 0 Å². The van der Waals surface area contributed by atoms with Gasteiger partial charge in [-0.1, -0.05) is 12.8 Å². The van der Waals surface area contributed by atoms with Crippen molar-refractivity contribution in [2.75, 3.05) is 0 Å². The van der Waals surface area contributed by atoms with Gasteiger partial charge in [0.1, 0.15) is 0 Å². The Morgan fingerprint density at radius 1 is 1.56 bits per heavy atom. The average molecular weight is 120 g/mol. The zero-order chi connectivity index (χ0) is 7.54. The summed E-state index contributed by atoms with van der Waals surface area (Å²) < 4.78 is 0. The maximum absolute atomic E-state index is 6.35. The normalized spacial score (nSPS) is 5.11. The highest BCUT2D eigenvalue weighted by molar-refractivity contribution is 4.97. The van der Waals surface area contributed by atoms with E-state index in [2.05, 4.69) is 24.7 Å². The molecule has 0 saturated carbocycles. The molecule has 2 radical (unpaired) electrons. The monoisotopic (exact) mass is 120 g/mol. The van der Waals surface area contributed by atoms with Gasteiger partial charge >= 0.3 is 0 Å². The van der Waals surface area contributed by atoms with Gasteiger partial charge in [0.25, 0.3) is 0 Å². The summed E-state index contributed by atoms with van der Waals surface area (Å²) in [6.45, 7) is 7.03. The molecule has 0 fully saturated rings. The van der Waals surface area contributed by atoms with Gasteiger partial charge < -0.3 is 0 Å². The fraction of sp³-hybridized carbons (Fsp3) is 0.444. The Hall–Kier alpha value is -0.880. The van der Waals surface area contributed by atoms with Gasteiger partial charge in [-0.3, -0.25) is 0 Å². The van der Waals surface area contributed by atoms with Crippen molar-refractivity contribution in [2.24, 2.45) is 0 Å². The summed E-state index contributed by atoms with van der Waals surface area (Å²) in [5.41, 5.74) is 0. The molecule has 0 bridgehead atoms. The van der Waals surface area contributed by atoms with Gasteiger partial charge in [-0.15, -0.1) is 11.8 Å². The Bertz CT molecular complexity index is 109. The molecule has 0 aromatic rings. The number of unbranched alkanes of at least 4 members (excludes halogenated alkanes) is 1. The molecule has 0 nitrogen and oxygen atoms in total. The van der Waals surface area contributed by atoms with E-state index in [0.29, 0.717) is 0 Å². The van der Waals surface area contributed by atoms with Gasteiger partial charge in [0.15, 0.2) is 0 Å². The third-order valence-corrected chi connectivity index (χ3v) is 0.552. The molecule has 0 atom stereocenters. The summed E-state index contributed by atoms with van der Waals surface area (Å²) in [6.07, 6.45) is 8.20. The van der Waals surface area contributed by atoms with Crippen LogP contribution >= 0.6 is 0 Å². The zero-order valence-corrected chi connectivity index (χ0v) is 6.12. The molecule has 0 amide bonds. The zero-order valence-electron chi connectivity index (χ0n) is 6.12. The lowest BCUT2D eigenvalue weighted by atomic mass is 10.4. The fourth-order valence-corrected chi connectivity index (χ4v) is 0.125. The summed E-state index contributed by atoms with van der Waals surface area (Å²) >= 11 is 0.